The van der Waals surface area contributed by atoms with Crippen molar-refractivity contribution in [3.63, 3.8) is 0 Å². The number of thiophene rings is 1. The standard InChI is InChI=1S/C26H28Cl2N2O3S2/c1-17(2)15-29(35(32,33)20-7-4-18(3)5-8-20)16-25(31)30-12-10-24-22(11-13-34-24)26(30)21-9-6-19(27)14-23(21)28/h4-9,11,13-14,17,26H,10,12,15-16H2,1-3H3. The van der Waals surface area contributed by atoms with Gasteiger partial charge in [0.05, 0.1) is 17.5 Å². The average molecular weight is 552 g/mol. The van der Waals surface area contributed by atoms with Crippen LogP contribution in [0, 0.1) is 12.8 Å². The van der Waals surface area contributed by atoms with E-state index >= 15 is 0 Å². The highest BCUT2D eigenvalue weighted by Crippen LogP contribution is 2.41. The topological polar surface area (TPSA) is 57.7 Å². The number of carbonyl (C=O) groups is 1. The summed E-state index contributed by atoms with van der Waals surface area (Å²) in [5, 5.41) is 3.01. The number of rotatable bonds is 7. The highest BCUT2D eigenvalue weighted by molar-refractivity contribution is 7.89. The van der Waals surface area contributed by atoms with Gasteiger partial charge in [0.1, 0.15) is 0 Å². The molecule has 9 heteroatoms. The zero-order valence-corrected chi connectivity index (χ0v) is 23.0. The molecule has 1 amide bonds. The predicted molar refractivity (Wildman–Crippen MR) is 143 cm³/mol. The normalized spacial score (nSPS) is 16.1. The second kappa shape index (κ2) is 10.6. The number of halogens is 2. The molecule has 1 aliphatic rings. The molecule has 2 heterocycles. The van der Waals surface area contributed by atoms with E-state index in [2.05, 4.69) is 0 Å². The van der Waals surface area contributed by atoms with Gasteiger partial charge in [0.15, 0.2) is 0 Å². The van der Waals surface area contributed by atoms with Gasteiger partial charge in [-0.25, -0.2) is 8.42 Å². The third kappa shape index (κ3) is 5.59. The van der Waals surface area contributed by atoms with Gasteiger partial charge in [-0.15, -0.1) is 11.3 Å². The summed E-state index contributed by atoms with van der Waals surface area (Å²) in [5.41, 5.74) is 2.77. The van der Waals surface area contributed by atoms with Crippen LogP contribution < -0.4 is 0 Å². The molecule has 0 bridgehead atoms. The van der Waals surface area contributed by atoms with Crippen LogP contribution in [-0.2, 0) is 21.2 Å². The molecule has 5 nitrogen and oxygen atoms in total. The minimum absolute atomic E-state index is 0.0503. The number of nitrogens with zero attached hydrogens (tertiary/aromatic N) is 2. The Morgan fingerprint density at radius 3 is 2.49 bits per heavy atom. The average Bonchev–Trinajstić information content (AvgIpc) is 3.27. The lowest BCUT2D eigenvalue weighted by molar-refractivity contribution is -0.133. The first kappa shape index (κ1) is 26.2. The quantitative estimate of drug-likeness (QED) is 0.352. The van der Waals surface area contributed by atoms with E-state index in [4.69, 9.17) is 23.2 Å². The molecule has 0 spiro atoms. The number of carbonyl (C=O) groups excluding carboxylic acids is 1. The van der Waals surface area contributed by atoms with Crippen LogP contribution in [0.4, 0.5) is 0 Å². The third-order valence-corrected chi connectivity index (χ3v) is 9.47. The van der Waals surface area contributed by atoms with Gasteiger partial charge < -0.3 is 4.90 Å². The van der Waals surface area contributed by atoms with Gasteiger partial charge in [-0.2, -0.15) is 4.31 Å². The molecule has 1 aliphatic heterocycles. The SMILES string of the molecule is Cc1ccc(S(=O)(=O)N(CC(=O)N2CCc3sccc3C2c2ccc(Cl)cc2Cl)CC(C)C)cc1. The molecule has 4 rings (SSSR count). The highest BCUT2D eigenvalue weighted by Gasteiger charge is 2.36. The van der Waals surface area contributed by atoms with Crippen molar-refractivity contribution in [1.82, 2.24) is 9.21 Å². The van der Waals surface area contributed by atoms with Crippen LogP contribution in [0.2, 0.25) is 10.0 Å². The Balaban J connectivity index is 1.69. The first-order valence-corrected chi connectivity index (χ1v) is 14.5. The van der Waals surface area contributed by atoms with E-state index < -0.39 is 16.1 Å². The van der Waals surface area contributed by atoms with E-state index in [0.29, 0.717) is 16.6 Å². The Morgan fingerprint density at radius 2 is 1.83 bits per heavy atom. The lowest BCUT2D eigenvalue weighted by atomic mass is 9.93. The molecule has 0 N–H and O–H groups in total. The number of fused-ring (bicyclic) bond motifs is 1. The summed E-state index contributed by atoms with van der Waals surface area (Å²) in [6.45, 7) is 6.27. The van der Waals surface area contributed by atoms with Gasteiger partial charge in [0.2, 0.25) is 15.9 Å². The number of hydrogen-bond donors (Lipinski definition) is 0. The zero-order chi connectivity index (χ0) is 25.3. The van der Waals surface area contributed by atoms with E-state index in [1.165, 1.54) is 9.18 Å². The minimum Gasteiger partial charge on any atom is -0.330 e. The van der Waals surface area contributed by atoms with Crippen LogP contribution in [0.15, 0.2) is 58.8 Å². The van der Waals surface area contributed by atoms with E-state index in [-0.39, 0.29) is 29.8 Å². The van der Waals surface area contributed by atoms with Crippen molar-refractivity contribution < 1.29 is 13.2 Å². The fourth-order valence-corrected chi connectivity index (χ4v) is 7.37. The molecular formula is C26H28Cl2N2O3S2. The summed E-state index contributed by atoms with van der Waals surface area (Å²) >= 11 is 14.4. The number of hydrogen-bond acceptors (Lipinski definition) is 4. The number of aryl methyl sites for hydroxylation is 1. The second-order valence-corrected chi connectivity index (χ2v) is 13.0. The van der Waals surface area contributed by atoms with Gasteiger partial charge in [-0.1, -0.05) is 60.8 Å². The molecule has 0 saturated carbocycles. The van der Waals surface area contributed by atoms with Crippen molar-refractivity contribution in [3.05, 3.63) is 85.5 Å². The van der Waals surface area contributed by atoms with Crippen LogP contribution in [0.1, 0.15) is 41.5 Å². The van der Waals surface area contributed by atoms with Crippen molar-refractivity contribution in [2.75, 3.05) is 19.6 Å². The molecule has 186 valence electrons. The van der Waals surface area contributed by atoms with E-state index in [0.717, 1.165) is 23.1 Å². The summed E-state index contributed by atoms with van der Waals surface area (Å²) in [7, 11) is -3.85. The Kier molecular flexibility index (Phi) is 7.93. The lowest BCUT2D eigenvalue weighted by Gasteiger charge is -2.38. The van der Waals surface area contributed by atoms with Crippen LogP contribution in [-0.4, -0.2) is 43.2 Å². The molecule has 0 fully saturated rings. The summed E-state index contributed by atoms with van der Waals surface area (Å²) < 4.78 is 28.3. The zero-order valence-electron chi connectivity index (χ0n) is 19.9. The summed E-state index contributed by atoms with van der Waals surface area (Å²) in [4.78, 5) is 16.9. The number of amides is 1. The van der Waals surface area contributed by atoms with E-state index in [9.17, 15) is 13.2 Å². The van der Waals surface area contributed by atoms with Crippen molar-refractivity contribution in [1.29, 1.82) is 0 Å². The fraction of sp³-hybridized carbons (Fsp3) is 0.346. The minimum atomic E-state index is -3.85. The largest absolute Gasteiger partial charge is 0.330 e. The lowest BCUT2D eigenvalue weighted by Crippen LogP contribution is -2.47. The molecule has 1 unspecified atom stereocenters. The molecule has 0 saturated heterocycles. The first-order valence-electron chi connectivity index (χ1n) is 11.5. The fourth-order valence-electron chi connectivity index (χ4n) is 4.40. The first-order chi connectivity index (χ1) is 16.6. The van der Waals surface area contributed by atoms with Crippen molar-refractivity contribution in [2.24, 2.45) is 5.92 Å². The number of sulfonamides is 1. The van der Waals surface area contributed by atoms with E-state index in [1.54, 1.807) is 52.6 Å². The third-order valence-electron chi connectivity index (χ3n) is 6.08. The van der Waals surface area contributed by atoms with Gasteiger partial charge in [-0.3, -0.25) is 4.79 Å². The maximum absolute atomic E-state index is 13.8. The van der Waals surface area contributed by atoms with Crippen LogP contribution in [0.25, 0.3) is 0 Å². The van der Waals surface area contributed by atoms with Crippen molar-refractivity contribution >= 4 is 50.5 Å². The smallest absolute Gasteiger partial charge is 0.243 e. The molecule has 35 heavy (non-hydrogen) atoms. The Bertz CT molecular complexity index is 1320. The summed E-state index contributed by atoms with van der Waals surface area (Å²) in [5.74, 6) is -0.205. The highest BCUT2D eigenvalue weighted by atomic mass is 35.5. The summed E-state index contributed by atoms with van der Waals surface area (Å²) in [6, 6.07) is 13.6. The van der Waals surface area contributed by atoms with Crippen LogP contribution >= 0.6 is 34.5 Å². The van der Waals surface area contributed by atoms with E-state index in [1.807, 2.05) is 38.3 Å². The second-order valence-electron chi connectivity index (χ2n) is 9.21. The van der Waals surface area contributed by atoms with Crippen LogP contribution in [0.5, 0.6) is 0 Å². The van der Waals surface area contributed by atoms with Crippen molar-refractivity contribution in [3.8, 4) is 0 Å². The summed E-state index contributed by atoms with van der Waals surface area (Å²) in [6.07, 6.45) is 0.718. The van der Waals surface area contributed by atoms with Crippen molar-refractivity contribution in [2.45, 2.75) is 38.1 Å². The Labute approximate surface area is 221 Å². The Morgan fingerprint density at radius 1 is 1.11 bits per heavy atom. The van der Waals surface area contributed by atoms with Gasteiger partial charge in [0.25, 0.3) is 0 Å². The molecule has 1 atom stereocenters. The molecule has 2 aromatic carbocycles. The predicted octanol–water partition coefficient (Wildman–Crippen LogP) is 6.18. The molecule has 3 aromatic rings. The van der Waals surface area contributed by atoms with Gasteiger partial charge in [-0.05, 0) is 66.1 Å². The maximum Gasteiger partial charge on any atom is 0.243 e. The van der Waals surface area contributed by atoms with Gasteiger partial charge >= 0.3 is 0 Å². The molecule has 0 aliphatic carbocycles. The Hall–Kier alpha value is -1.90. The van der Waals surface area contributed by atoms with Crippen LogP contribution in [0.3, 0.4) is 0 Å². The molecule has 0 radical (unpaired) electrons. The molecular weight excluding hydrogens is 523 g/mol. The monoisotopic (exact) mass is 550 g/mol. The maximum atomic E-state index is 13.8. The number of benzene rings is 2. The van der Waals surface area contributed by atoms with Gasteiger partial charge in [0, 0.05) is 28.0 Å². The molecule has 1 aromatic heterocycles.